The van der Waals surface area contributed by atoms with E-state index in [1.54, 1.807) is 35.1 Å². The molecule has 0 atom stereocenters. The van der Waals surface area contributed by atoms with Crippen molar-refractivity contribution < 1.29 is 22.0 Å². The minimum Gasteiger partial charge on any atom is -0.455 e. The average Bonchev–Trinajstić information content (AvgIpc) is 3.57. The van der Waals surface area contributed by atoms with Gasteiger partial charge in [-0.15, -0.1) is 0 Å². The van der Waals surface area contributed by atoms with E-state index in [1.807, 2.05) is 30.3 Å². The van der Waals surface area contributed by atoms with Gasteiger partial charge in [0.2, 0.25) is 10.0 Å². The van der Waals surface area contributed by atoms with Gasteiger partial charge in [-0.2, -0.15) is 5.10 Å². The summed E-state index contributed by atoms with van der Waals surface area (Å²) in [5, 5.41) is 9.14. The largest absolute Gasteiger partial charge is 0.455 e. The lowest BCUT2D eigenvalue weighted by atomic mass is 9.98. The second-order valence-electron chi connectivity index (χ2n) is 9.79. The predicted octanol–water partition coefficient (Wildman–Crippen LogP) is 6.65. The van der Waals surface area contributed by atoms with Gasteiger partial charge in [0.15, 0.2) is 0 Å². The molecule has 1 amide bonds. The van der Waals surface area contributed by atoms with Crippen LogP contribution < -0.4 is 9.62 Å². The zero-order valence-corrected chi connectivity index (χ0v) is 24.3. The van der Waals surface area contributed by atoms with Crippen LogP contribution in [0.3, 0.4) is 0 Å². The minimum atomic E-state index is -3.68. The first kappa shape index (κ1) is 27.5. The molecule has 2 aromatic heterocycles. The van der Waals surface area contributed by atoms with E-state index in [1.165, 1.54) is 42.7 Å². The van der Waals surface area contributed by atoms with Gasteiger partial charge < -0.3 is 9.73 Å². The highest BCUT2D eigenvalue weighted by molar-refractivity contribution is 7.92. The Bertz CT molecular complexity index is 2100. The number of carbonyl (C=O) groups is 1. The fourth-order valence-corrected chi connectivity index (χ4v) is 5.57. The summed E-state index contributed by atoms with van der Waals surface area (Å²) < 4.78 is 48.3. The summed E-state index contributed by atoms with van der Waals surface area (Å²) in [6.45, 7) is 0. The van der Waals surface area contributed by atoms with E-state index < -0.39 is 21.7 Å². The molecule has 8 nitrogen and oxygen atoms in total. The number of benzene rings is 4. The van der Waals surface area contributed by atoms with Crippen LogP contribution in [0.4, 0.5) is 10.1 Å². The zero-order valence-electron chi connectivity index (χ0n) is 22.7. The van der Waals surface area contributed by atoms with Gasteiger partial charge in [-0.25, -0.2) is 17.5 Å². The molecule has 6 aromatic rings. The number of hydrogen-bond donors (Lipinski definition) is 1. The Morgan fingerprint density at radius 1 is 1.00 bits per heavy atom. The first-order valence-electron chi connectivity index (χ1n) is 12.8. The number of furan rings is 1. The van der Waals surface area contributed by atoms with E-state index in [4.69, 9.17) is 16.0 Å². The topological polar surface area (TPSA) is 97.4 Å². The summed E-state index contributed by atoms with van der Waals surface area (Å²) in [7, 11) is -0.716. The summed E-state index contributed by atoms with van der Waals surface area (Å²) in [4.78, 5) is 13.2. The Morgan fingerprint density at radius 3 is 2.36 bits per heavy atom. The smallest absolute Gasteiger partial charge is 0.255 e. The van der Waals surface area contributed by atoms with Crippen molar-refractivity contribution >= 4 is 55.1 Å². The summed E-state index contributed by atoms with van der Waals surface area (Å²) in [5.74, 6) is -0.589. The van der Waals surface area contributed by atoms with Crippen LogP contribution in [0.25, 0.3) is 50.0 Å². The second kappa shape index (κ2) is 10.3. The maximum atomic E-state index is 13.7. The van der Waals surface area contributed by atoms with Gasteiger partial charge in [-0.05, 0) is 66.2 Å². The number of fused-ring (bicyclic) bond motifs is 2. The average molecular weight is 603 g/mol. The fraction of sp³-hybridized carbons (Fsp3) is 0.0968. The standard InChI is InChI=1S/C31H24ClFN4O4S/c1-34-31(38)29-25-15-24(19-4-5-20-17-35-37(26(20)14-19)23-12-8-21(32)9-13-23)27(36(2)42(3,39)40)16-28(25)41-30(29)18-6-10-22(33)11-7-18/h4-17H,1-3H3,(H,34,38). The monoisotopic (exact) mass is 602 g/mol. The van der Waals surface area contributed by atoms with E-state index in [2.05, 4.69) is 10.4 Å². The zero-order chi connectivity index (χ0) is 29.8. The van der Waals surface area contributed by atoms with Gasteiger partial charge in [0.1, 0.15) is 17.2 Å². The maximum absolute atomic E-state index is 13.7. The number of rotatable bonds is 6. The SMILES string of the molecule is CNC(=O)c1c(-c2ccc(F)cc2)oc2cc(N(C)S(C)(=O)=O)c(-c3ccc4cnn(-c5ccc(Cl)cc5)c4c3)cc12. The van der Waals surface area contributed by atoms with E-state index >= 15 is 0 Å². The van der Waals surface area contributed by atoms with Crippen LogP contribution in [0.15, 0.2) is 89.5 Å². The number of aromatic nitrogens is 2. The molecule has 0 aliphatic rings. The molecule has 0 fully saturated rings. The third-order valence-corrected chi connectivity index (χ3v) is 8.60. The molecule has 0 unspecified atom stereocenters. The van der Waals surface area contributed by atoms with E-state index in [0.717, 1.165) is 22.8 Å². The number of hydrogen-bond acceptors (Lipinski definition) is 5. The van der Waals surface area contributed by atoms with Gasteiger partial charge in [0.05, 0.1) is 34.9 Å². The van der Waals surface area contributed by atoms with Crippen molar-refractivity contribution in [3.05, 3.63) is 101 Å². The van der Waals surface area contributed by atoms with Crippen molar-refractivity contribution in [3.63, 3.8) is 0 Å². The molecule has 0 bridgehead atoms. The molecule has 0 spiro atoms. The number of halogens is 2. The predicted molar refractivity (Wildman–Crippen MR) is 163 cm³/mol. The molecule has 42 heavy (non-hydrogen) atoms. The highest BCUT2D eigenvalue weighted by Crippen LogP contribution is 2.42. The summed E-state index contributed by atoms with van der Waals surface area (Å²) >= 11 is 6.09. The van der Waals surface area contributed by atoms with Crippen molar-refractivity contribution in [2.45, 2.75) is 0 Å². The van der Waals surface area contributed by atoms with Crippen LogP contribution in [-0.2, 0) is 10.0 Å². The Morgan fingerprint density at radius 2 is 1.69 bits per heavy atom. The number of carbonyl (C=O) groups excluding carboxylic acids is 1. The number of nitrogens with zero attached hydrogens (tertiary/aromatic N) is 3. The first-order chi connectivity index (χ1) is 20.0. The molecule has 11 heteroatoms. The molecule has 212 valence electrons. The van der Waals surface area contributed by atoms with Crippen LogP contribution in [0.5, 0.6) is 0 Å². The third kappa shape index (κ3) is 4.78. The van der Waals surface area contributed by atoms with E-state index in [0.29, 0.717) is 38.4 Å². The molecule has 0 radical (unpaired) electrons. The molecular weight excluding hydrogens is 579 g/mol. The van der Waals surface area contributed by atoms with Crippen molar-refractivity contribution in [1.29, 1.82) is 0 Å². The normalized spacial score (nSPS) is 11.7. The van der Waals surface area contributed by atoms with E-state index in [-0.39, 0.29) is 11.3 Å². The maximum Gasteiger partial charge on any atom is 0.255 e. The van der Waals surface area contributed by atoms with Crippen molar-refractivity contribution in [3.8, 4) is 28.1 Å². The van der Waals surface area contributed by atoms with Gasteiger partial charge in [-0.3, -0.25) is 9.10 Å². The number of amides is 1. The van der Waals surface area contributed by atoms with Gasteiger partial charge in [0.25, 0.3) is 5.91 Å². The van der Waals surface area contributed by atoms with E-state index in [9.17, 15) is 17.6 Å². The van der Waals surface area contributed by atoms with Crippen LogP contribution in [0.1, 0.15) is 10.4 Å². The van der Waals surface area contributed by atoms with Gasteiger partial charge in [0, 0.05) is 47.1 Å². The van der Waals surface area contributed by atoms with Gasteiger partial charge >= 0.3 is 0 Å². The second-order valence-corrected chi connectivity index (χ2v) is 12.2. The molecule has 0 saturated heterocycles. The Balaban J connectivity index is 1.63. The highest BCUT2D eigenvalue weighted by atomic mass is 35.5. The number of sulfonamides is 1. The Labute approximate surface area is 246 Å². The Kier molecular flexibility index (Phi) is 6.75. The first-order valence-corrected chi connectivity index (χ1v) is 15.0. The highest BCUT2D eigenvalue weighted by Gasteiger charge is 2.26. The lowest BCUT2D eigenvalue weighted by Crippen LogP contribution is -2.25. The quantitative estimate of drug-likeness (QED) is 0.230. The van der Waals surface area contributed by atoms with Crippen LogP contribution in [-0.4, -0.2) is 44.5 Å². The van der Waals surface area contributed by atoms with Crippen molar-refractivity contribution in [1.82, 2.24) is 15.1 Å². The van der Waals surface area contributed by atoms with Crippen molar-refractivity contribution in [2.24, 2.45) is 0 Å². The molecule has 1 N–H and O–H groups in total. The molecule has 6 rings (SSSR count). The Hall–Kier alpha value is -4.67. The van der Waals surface area contributed by atoms with Crippen molar-refractivity contribution in [2.75, 3.05) is 24.7 Å². The lowest BCUT2D eigenvalue weighted by molar-refractivity contribution is 0.0964. The number of anilines is 1. The molecule has 4 aromatic carbocycles. The third-order valence-electron chi connectivity index (χ3n) is 7.16. The molecule has 0 aliphatic heterocycles. The molecule has 0 aliphatic carbocycles. The number of nitrogens with one attached hydrogen (secondary N) is 1. The minimum absolute atomic E-state index is 0.241. The van der Waals surface area contributed by atoms with Crippen LogP contribution in [0.2, 0.25) is 5.02 Å². The molecular formula is C31H24ClFN4O4S. The van der Waals surface area contributed by atoms with Crippen LogP contribution >= 0.6 is 11.6 Å². The summed E-state index contributed by atoms with van der Waals surface area (Å²) in [6, 6.07) is 21.9. The van der Waals surface area contributed by atoms with Crippen LogP contribution in [0, 0.1) is 5.82 Å². The van der Waals surface area contributed by atoms with Gasteiger partial charge in [-0.1, -0.05) is 23.7 Å². The summed E-state index contributed by atoms with van der Waals surface area (Å²) in [5.41, 5.74) is 4.24. The molecule has 2 heterocycles. The fourth-order valence-electron chi connectivity index (χ4n) is 4.93. The lowest BCUT2D eigenvalue weighted by Gasteiger charge is -2.21. The summed E-state index contributed by atoms with van der Waals surface area (Å²) in [6.07, 6.45) is 2.86. The molecule has 0 saturated carbocycles.